The molecular weight excluding hydrogens is 264 g/mol. The van der Waals surface area contributed by atoms with Crippen molar-refractivity contribution in [3.05, 3.63) is 47.3 Å². The summed E-state index contributed by atoms with van der Waals surface area (Å²) in [5.74, 6) is -2.99. The van der Waals surface area contributed by atoms with Crippen LogP contribution in [-0.4, -0.2) is 15.9 Å². The number of benzene rings is 1. The van der Waals surface area contributed by atoms with E-state index < -0.39 is 23.1 Å². The van der Waals surface area contributed by atoms with Gasteiger partial charge >= 0.3 is 0 Å². The number of carbonyl (C=O) groups excluding carboxylic acids is 1. The van der Waals surface area contributed by atoms with Crippen LogP contribution in [0.25, 0.3) is 11.4 Å². The van der Waals surface area contributed by atoms with Crippen LogP contribution < -0.4 is 5.73 Å². The second kappa shape index (κ2) is 5.73. The van der Waals surface area contributed by atoms with Crippen molar-refractivity contribution >= 4 is 5.91 Å². The van der Waals surface area contributed by atoms with Crippen LogP contribution in [0.1, 0.15) is 29.3 Å². The number of hydrogen-bond acceptors (Lipinski definition) is 3. The normalized spacial score (nSPS) is 10.6. The van der Waals surface area contributed by atoms with Gasteiger partial charge in [-0.2, -0.15) is 0 Å². The molecule has 0 saturated carbocycles. The van der Waals surface area contributed by atoms with Crippen LogP contribution in [0.3, 0.4) is 0 Å². The first kappa shape index (κ1) is 14.0. The van der Waals surface area contributed by atoms with Crippen LogP contribution in [0.15, 0.2) is 24.5 Å². The number of aromatic nitrogens is 2. The molecule has 0 aliphatic heterocycles. The average Bonchev–Trinajstić information content (AvgIpc) is 2.38. The van der Waals surface area contributed by atoms with E-state index in [4.69, 9.17) is 5.73 Å². The van der Waals surface area contributed by atoms with Crippen molar-refractivity contribution in [1.82, 2.24) is 9.97 Å². The average molecular weight is 277 g/mol. The van der Waals surface area contributed by atoms with Crippen LogP contribution in [0.2, 0.25) is 0 Å². The number of amides is 1. The van der Waals surface area contributed by atoms with Gasteiger partial charge in [0.1, 0.15) is 17.2 Å². The summed E-state index contributed by atoms with van der Waals surface area (Å²) in [7, 11) is 0. The Balaban J connectivity index is 2.40. The number of halogens is 2. The maximum Gasteiger partial charge on any atom is 0.254 e. The van der Waals surface area contributed by atoms with Gasteiger partial charge < -0.3 is 5.73 Å². The summed E-state index contributed by atoms with van der Waals surface area (Å²) in [6, 6.07) is 2.00. The van der Waals surface area contributed by atoms with Gasteiger partial charge in [0.05, 0.1) is 0 Å². The zero-order valence-electron chi connectivity index (χ0n) is 10.9. The summed E-state index contributed by atoms with van der Waals surface area (Å²) in [5.41, 5.74) is 5.26. The molecule has 0 unspecified atom stereocenters. The molecule has 20 heavy (non-hydrogen) atoms. The molecular formula is C14H13F2N3O. The van der Waals surface area contributed by atoms with Gasteiger partial charge in [0.15, 0.2) is 5.82 Å². The first-order chi connectivity index (χ1) is 9.52. The minimum absolute atomic E-state index is 0.160. The van der Waals surface area contributed by atoms with E-state index in [1.165, 1.54) is 0 Å². The van der Waals surface area contributed by atoms with Crippen molar-refractivity contribution in [2.24, 2.45) is 5.73 Å². The molecule has 1 amide bonds. The SMILES string of the molecule is CCCc1cnc(-c2cc(F)c(C(N)=O)c(F)c2)nc1. The lowest BCUT2D eigenvalue weighted by atomic mass is 10.1. The van der Waals surface area contributed by atoms with Gasteiger partial charge in [0.25, 0.3) is 5.91 Å². The largest absolute Gasteiger partial charge is 0.365 e. The highest BCUT2D eigenvalue weighted by Crippen LogP contribution is 2.21. The molecule has 6 heteroatoms. The lowest BCUT2D eigenvalue weighted by Crippen LogP contribution is -2.15. The van der Waals surface area contributed by atoms with E-state index in [1.807, 2.05) is 6.92 Å². The summed E-state index contributed by atoms with van der Waals surface area (Å²) in [4.78, 5) is 19.0. The van der Waals surface area contributed by atoms with Gasteiger partial charge in [0, 0.05) is 18.0 Å². The summed E-state index contributed by atoms with van der Waals surface area (Å²) in [5, 5.41) is 0. The third-order valence-corrected chi connectivity index (χ3v) is 2.79. The molecule has 2 aromatic rings. The summed E-state index contributed by atoms with van der Waals surface area (Å²) in [6.07, 6.45) is 5.02. The summed E-state index contributed by atoms with van der Waals surface area (Å²) < 4.78 is 27.3. The lowest BCUT2D eigenvalue weighted by molar-refractivity contribution is 0.0992. The number of carbonyl (C=O) groups is 1. The smallest absolute Gasteiger partial charge is 0.254 e. The Bertz CT molecular complexity index is 618. The molecule has 0 spiro atoms. The van der Waals surface area contributed by atoms with E-state index in [1.54, 1.807) is 12.4 Å². The fourth-order valence-electron chi connectivity index (χ4n) is 1.86. The van der Waals surface area contributed by atoms with E-state index >= 15 is 0 Å². The van der Waals surface area contributed by atoms with E-state index in [9.17, 15) is 13.6 Å². The fraction of sp³-hybridized carbons (Fsp3) is 0.214. The molecule has 0 saturated heterocycles. The minimum atomic E-state index is -1.15. The Morgan fingerprint density at radius 3 is 2.20 bits per heavy atom. The second-order valence-electron chi connectivity index (χ2n) is 4.34. The van der Waals surface area contributed by atoms with Gasteiger partial charge in [-0.05, 0) is 24.1 Å². The van der Waals surface area contributed by atoms with Gasteiger partial charge in [-0.3, -0.25) is 4.79 Å². The maximum atomic E-state index is 13.7. The van der Waals surface area contributed by atoms with Crippen molar-refractivity contribution in [1.29, 1.82) is 0 Å². The molecule has 0 bridgehead atoms. The quantitative estimate of drug-likeness (QED) is 0.933. The van der Waals surface area contributed by atoms with Crippen LogP contribution in [-0.2, 0) is 6.42 Å². The fourth-order valence-corrected chi connectivity index (χ4v) is 1.86. The molecule has 0 atom stereocenters. The second-order valence-corrected chi connectivity index (χ2v) is 4.34. The van der Waals surface area contributed by atoms with Gasteiger partial charge in [-0.15, -0.1) is 0 Å². The van der Waals surface area contributed by atoms with Crippen LogP contribution in [0.5, 0.6) is 0 Å². The van der Waals surface area contributed by atoms with Crippen LogP contribution in [0, 0.1) is 11.6 Å². The van der Waals surface area contributed by atoms with Crippen molar-refractivity contribution in [2.75, 3.05) is 0 Å². The Labute approximate surface area is 114 Å². The zero-order valence-corrected chi connectivity index (χ0v) is 10.9. The van der Waals surface area contributed by atoms with Crippen molar-refractivity contribution < 1.29 is 13.6 Å². The molecule has 0 fully saturated rings. The number of primary amides is 1. The van der Waals surface area contributed by atoms with E-state index in [0.717, 1.165) is 30.5 Å². The number of nitrogens with two attached hydrogens (primary N) is 1. The first-order valence-corrected chi connectivity index (χ1v) is 6.13. The summed E-state index contributed by atoms with van der Waals surface area (Å²) >= 11 is 0. The Kier molecular flexibility index (Phi) is 4.02. The van der Waals surface area contributed by atoms with Gasteiger partial charge in [-0.25, -0.2) is 18.7 Å². The van der Waals surface area contributed by atoms with Gasteiger partial charge in [0.2, 0.25) is 0 Å². The van der Waals surface area contributed by atoms with Gasteiger partial charge in [-0.1, -0.05) is 13.3 Å². The number of hydrogen-bond donors (Lipinski definition) is 1. The predicted molar refractivity (Wildman–Crippen MR) is 69.9 cm³/mol. The highest BCUT2D eigenvalue weighted by atomic mass is 19.1. The minimum Gasteiger partial charge on any atom is -0.365 e. The lowest BCUT2D eigenvalue weighted by Gasteiger charge is -2.05. The van der Waals surface area contributed by atoms with E-state index in [2.05, 4.69) is 9.97 Å². The molecule has 2 N–H and O–H groups in total. The molecule has 0 aliphatic rings. The third-order valence-electron chi connectivity index (χ3n) is 2.79. The van der Waals surface area contributed by atoms with Crippen molar-refractivity contribution in [3.63, 3.8) is 0 Å². The molecule has 1 aromatic carbocycles. The molecule has 0 aliphatic carbocycles. The van der Waals surface area contributed by atoms with E-state index in [-0.39, 0.29) is 11.4 Å². The topological polar surface area (TPSA) is 68.9 Å². The predicted octanol–water partition coefficient (Wildman–Crippen LogP) is 2.47. The molecule has 1 heterocycles. The highest BCUT2D eigenvalue weighted by molar-refractivity contribution is 5.93. The number of nitrogens with zero attached hydrogens (tertiary/aromatic N) is 2. The Morgan fingerprint density at radius 1 is 1.20 bits per heavy atom. The zero-order chi connectivity index (χ0) is 14.7. The molecule has 4 nitrogen and oxygen atoms in total. The molecule has 0 radical (unpaired) electrons. The van der Waals surface area contributed by atoms with Crippen LogP contribution >= 0.6 is 0 Å². The molecule has 2 rings (SSSR count). The van der Waals surface area contributed by atoms with Crippen molar-refractivity contribution in [3.8, 4) is 11.4 Å². The highest BCUT2D eigenvalue weighted by Gasteiger charge is 2.17. The number of aryl methyl sites for hydroxylation is 1. The molecule has 1 aromatic heterocycles. The van der Waals surface area contributed by atoms with Crippen molar-refractivity contribution in [2.45, 2.75) is 19.8 Å². The third kappa shape index (κ3) is 2.79. The van der Waals surface area contributed by atoms with E-state index in [0.29, 0.717) is 0 Å². The first-order valence-electron chi connectivity index (χ1n) is 6.13. The monoisotopic (exact) mass is 277 g/mol. The maximum absolute atomic E-state index is 13.7. The Hall–Kier alpha value is -2.37. The summed E-state index contributed by atoms with van der Waals surface area (Å²) in [6.45, 7) is 2.03. The van der Waals surface area contributed by atoms with Crippen LogP contribution in [0.4, 0.5) is 8.78 Å². The number of rotatable bonds is 4. The Morgan fingerprint density at radius 2 is 1.75 bits per heavy atom. The standard InChI is InChI=1S/C14H13F2N3O/c1-2-3-8-6-18-14(19-7-8)9-4-10(15)12(13(17)20)11(16)5-9/h4-7H,2-3H2,1H3,(H2,17,20). The molecule has 104 valence electrons.